The van der Waals surface area contributed by atoms with Gasteiger partial charge in [0.05, 0.1) is 17.5 Å². The third kappa shape index (κ3) is 2.21. The van der Waals surface area contributed by atoms with E-state index in [9.17, 15) is 13.2 Å². The molecule has 0 saturated heterocycles. The molecule has 2 N–H and O–H groups in total. The molecule has 16 heavy (non-hydrogen) atoms. The zero-order chi connectivity index (χ0) is 12.0. The lowest BCUT2D eigenvalue weighted by Crippen LogP contribution is -2.23. The molecule has 6 heteroatoms. The third-order valence-electron chi connectivity index (χ3n) is 3.12. The largest absolute Gasteiger partial charge is 0.419 e. The molecular weight excluding hydrogens is 219 g/mol. The second-order valence-corrected chi connectivity index (χ2v) is 4.49. The molecule has 0 atom stereocenters. The summed E-state index contributed by atoms with van der Waals surface area (Å²) in [5.74, 6) is 0. The highest BCUT2D eigenvalue weighted by Gasteiger charge is 2.40. The second-order valence-electron chi connectivity index (χ2n) is 4.49. The van der Waals surface area contributed by atoms with Crippen molar-refractivity contribution in [1.29, 1.82) is 0 Å². The van der Waals surface area contributed by atoms with Crippen molar-refractivity contribution >= 4 is 0 Å². The molecule has 0 spiro atoms. The topological polar surface area (TPSA) is 43.8 Å². The molecule has 0 bridgehead atoms. The highest BCUT2D eigenvalue weighted by Crippen LogP contribution is 2.38. The van der Waals surface area contributed by atoms with Gasteiger partial charge in [-0.25, -0.2) is 0 Å². The minimum Gasteiger partial charge on any atom is -0.325 e. The number of rotatable bonds is 3. The van der Waals surface area contributed by atoms with Crippen LogP contribution < -0.4 is 5.73 Å². The normalized spacial score (nSPS) is 18.8. The fraction of sp³-hybridized carbons (Fsp3) is 0.700. The number of aryl methyl sites for hydroxylation is 1. The fourth-order valence-corrected chi connectivity index (χ4v) is 1.77. The minimum absolute atomic E-state index is 0.226. The van der Waals surface area contributed by atoms with Gasteiger partial charge in [-0.05, 0) is 25.7 Å². The Morgan fingerprint density at radius 2 is 2.12 bits per heavy atom. The van der Waals surface area contributed by atoms with Crippen LogP contribution in [0.2, 0.25) is 0 Å². The third-order valence-corrected chi connectivity index (χ3v) is 3.12. The van der Waals surface area contributed by atoms with Crippen molar-refractivity contribution in [3.05, 3.63) is 17.5 Å². The van der Waals surface area contributed by atoms with E-state index in [-0.39, 0.29) is 11.2 Å². The van der Waals surface area contributed by atoms with Crippen LogP contribution in [0.5, 0.6) is 0 Å². The van der Waals surface area contributed by atoms with E-state index in [0.29, 0.717) is 12.8 Å². The van der Waals surface area contributed by atoms with Gasteiger partial charge in [0, 0.05) is 12.6 Å². The number of nitrogens with two attached hydrogens (primary N) is 1. The van der Waals surface area contributed by atoms with Gasteiger partial charge in [-0.2, -0.15) is 18.3 Å². The van der Waals surface area contributed by atoms with Gasteiger partial charge in [0.2, 0.25) is 0 Å². The van der Waals surface area contributed by atoms with Crippen LogP contribution in [0.1, 0.15) is 30.5 Å². The van der Waals surface area contributed by atoms with E-state index in [1.807, 2.05) is 0 Å². The summed E-state index contributed by atoms with van der Waals surface area (Å²) in [5.41, 5.74) is 5.22. The van der Waals surface area contributed by atoms with Crippen LogP contribution >= 0.6 is 0 Å². The maximum atomic E-state index is 12.6. The van der Waals surface area contributed by atoms with Gasteiger partial charge in [-0.1, -0.05) is 0 Å². The summed E-state index contributed by atoms with van der Waals surface area (Å²) >= 11 is 0. The number of halogens is 3. The van der Waals surface area contributed by atoms with E-state index in [1.165, 1.54) is 11.7 Å². The molecule has 1 saturated carbocycles. The van der Waals surface area contributed by atoms with Crippen molar-refractivity contribution in [2.75, 3.05) is 0 Å². The predicted octanol–water partition coefficient (Wildman–Crippen LogP) is 1.86. The van der Waals surface area contributed by atoms with Crippen LogP contribution in [-0.2, 0) is 19.6 Å². The molecule has 2 rings (SSSR count). The zero-order valence-electron chi connectivity index (χ0n) is 9.01. The molecule has 1 aromatic rings. The molecule has 1 heterocycles. The van der Waals surface area contributed by atoms with Gasteiger partial charge in [0.25, 0.3) is 0 Å². The highest BCUT2D eigenvalue weighted by atomic mass is 19.4. The van der Waals surface area contributed by atoms with Crippen molar-refractivity contribution in [1.82, 2.24) is 9.78 Å². The molecule has 0 unspecified atom stereocenters. The summed E-state index contributed by atoms with van der Waals surface area (Å²) in [6.45, 7) is 0. The number of nitrogens with zero attached hydrogens (tertiary/aromatic N) is 2. The first kappa shape index (κ1) is 11.4. The second kappa shape index (κ2) is 3.48. The van der Waals surface area contributed by atoms with E-state index in [2.05, 4.69) is 5.10 Å². The smallest absolute Gasteiger partial charge is 0.325 e. The van der Waals surface area contributed by atoms with Crippen molar-refractivity contribution in [2.45, 2.75) is 37.4 Å². The Hall–Kier alpha value is -1.04. The van der Waals surface area contributed by atoms with Gasteiger partial charge in [-0.15, -0.1) is 0 Å². The van der Waals surface area contributed by atoms with Crippen molar-refractivity contribution in [2.24, 2.45) is 12.8 Å². The Bertz CT molecular complexity index is 391. The fourth-order valence-electron chi connectivity index (χ4n) is 1.77. The van der Waals surface area contributed by atoms with Gasteiger partial charge < -0.3 is 5.73 Å². The molecule has 1 aliphatic rings. The Morgan fingerprint density at radius 3 is 2.62 bits per heavy atom. The first-order valence-corrected chi connectivity index (χ1v) is 5.19. The molecule has 0 aromatic carbocycles. The minimum atomic E-state index is -4.32. The van der Waals surface area contributed by atoms with Crippen LogP contribution in [0.3, 0.4) is 0 Å². The van der Waals surface area contributed by atoms with E-state index in [1.54, 1.807) is 0 Å². The van der Waals surface area contributed by atoms with Crippen LogP contribution in [0.4, 0.5) is 13.2 Å². The van der Waals surface area contributed by atoms with Crippen LogP contribution in [0.25, 0.3) is 0 Å². The summed E-state index contributed by atoms with van der Waals surface area (Å²) in [7, 11) is 1.53. The van der Waals surface area contributed by atoms with Crippen LogP contribution in [-0.4, -0.2) is 15.3 Å². The van der Waals surface area contributed by atoms with Crippen LogP contribution in [0, 0.1) is 0 Å². The van der Waals surface area contributed by atoms with E-state index >= 15 is 0 Å². The lowest BCUT2D eigenvalue weighted by atomic mass is 10.1. The van der Waals surface area contributed by atoms with Crippen molar-refractivity contribution in [3.8, 4) is 0 Å². The maximum absolute atomic E-state index is 12.6. The molecule has 0 aliphatic heterocycles. The molecule has 0 amide bonds. The molecule has 3 nitrogen and oxygen atoms in total. The lowest BCUT2D eigenvalue weighted by Gasteiger charge is -2.11. The Kier molecular flexibility index (Phi) is 2.49. The monoisotopic (exact) mass is 233 g/mol. The highest BCUT2D eigenvalue weighted by molar-refractivity contribution is 5.22. The molecular formula is C10H14F3N3. The Morgan fingerprint density at radius 1 is 1.50 bits per heavy atom. The summed E-state index contributed by atoms with van der Waals surface area (Å²) in [6, 6.07) is 0. The predicted molar refractivity (Wildman–Crippen MR) is 52.7 cm³/mol. The number of alkyl halides is 3. The van der Waals surface area contributed by atoms with Gasteiger partial charge in [0.15, 0.2) is 0 Å². The SMILES string of the molecule is Cn1ncc(C(F)(F)F)c1CCC1(N)CC1. The molecule has 0 radical (unpaired) electrons. The molecule has 90 valence electrons. The number of hydrogen-bond acceptors (Lipinski definition) is 2. The summed E-state index contributed by atoms with van der Waals surface area (Å²) in [4.78, 5) is 0. The van der Waals surface area contributed by atoms with Gasteiger partial charge >= 0.3 is 6.18 Å². The average Bonchev–Trinajstić information content (AvgIpc) is 2.74. The van der Waals surface area contributed by atoms with Crippen molar-refractivity contribution in [3.63, 3.8) is 0 Å². The first-order chi connectivity index (χ1) is 7.32. The van der Waals surface area contributed by atoms with Crippen molar-refractivity contribution < 1.29 is 13.2 Å². The van der Waals surface area contributed by atoms with Gasteiger partial charge in [-0.3, -0.25) is 4.68 Å². The number of hydrogen-bond donors (Lipinski definition) is 1. The molecule has 1 fully saturated rings. The standard InChI is InChI=1S/C10H14F3N3/c1-16-8(2-3-9(14)4-5-9)7(6-15-16)10(11,12)13/h6H,2-5,14H2,1H3. The summed E-state index contributed by atoms with van der Waals surface area (Å²) < 4.78 is 39.1. The van der Waals surface area contributed by atoms with E-state index < -0.39 is 11.7 Å². The summed E-state index contributed by atoms with van der Waals surface area (Å²) in [6.07, 6.45) is -0.698. The Balaban J connectivity index is 2.15. The van der Waals surface area contributed by atoms with E-state index in [0.717, 1.165) is 19.0 Å². The first-order valence-electron chi connectivity index (χ1n) is 5.19. The average molecular weight is 233 g/mol. The quantitative estimate of drug-likeness (QED) is 0.866. The van der Waals surface area contributed by atoms with Crippen LogP contribution in [0.15, 0.2) is 6.20 Å². The van der Waals surface area contributed by atoms with E-state index in [4.69, 9.17) is 5.73 Å². The number of aromatic nitrogens is 2. The Labute approximate surface area is 91.4 Å². The summed E-state index contributed by atoms with van der Waals surface area (Å²) in [5, 5.41) is 3.66. The van der Waals surface area contributed by atoms with Gasteiger partial charge in [0.1, 0.15) is 0 Å². The lowest BCUT2D eigenvalue weighted by molar-refractivity contribution is -0.138. The zero-order valence-corrected chi connectivity index (χ0v) is 9.01. The molecule has 1 aliphatic carbocycles. The maximum Gasteiger partial charge on any atom is 0.419 e. The molecule has 1 aromatic heterocycles.